The van der Waals surface area contributed by atoms with Crippen LogP contribution in [0.4, 0.5) is 18.9 Å². The van der Waals surface area contributed by atoms with Crippen molar-refractivity contribution in [1.82, 2.24) is 0 Å². The number of carbonyl (C=O) groups excluding carboxylic acids is 1. The smallest absolute Gasteiger partial charge is 0.417 e. The van der Waals surface area contributed by atoms with Crippen LogP contribution < -0.4 is 15.7 Å². The van der Waals surface area contributed by atoms with Crippen LogP contribution in [0.2, 0.25) is 39.3 Å². The van der Waals surface area contributed by atoms with Crippen molar-refractivity contribution in [2.75, 3.05) is 5.32 Å². The van der Waals surface area contributed by atoms with Crippen LogP contribution in [0.5, 0.6) is 0 Å². The molecule has 2 aromatic carbocycles. The zero-order valence-electron chi connectivity index (χ0n) is 17.9. The first-order chi connectivity index (χ1) is 13.5. The van der Waals surface area contributed by atoms with Gasteiger partial charge in [-0.25, -0.2) is 4.79 Å². The van der Waals surface area contributed by atoms with Crippen molar-refractivity contribution in [3.8, 4) is 0 Å². The van der Waals surface area contributed by atoms with Crippen LogP contribution >= 0.6 is 0 Å². The lowest BCUT2D eigenvalue weighted by molar-refractivity contribution is -0.138. The van der Waals surface area contributed by atoms with E-state index in [9.17, 15) is 22.8 Å². The number of hydrogen-bond donors (Lipinski definition) is 2. The van der Waals surface area contributed by atoms with Crippen molar-refractivity contribution in [2.24, 2.45) is 0 Å². The molecule has 0 saturated carbocycles. The number of rotatable bonds is 5. The Balaban J connectivity index is 2.49. The third-order valence-electron chi connectivity index (χ3n) is 4.74. The highest BCUT2D eigenvalue weighted by Gasteiger charge is 2.35. The van der Waals surface area contributed by atoms with Crippen molar-refractivity contribution in [3.05, 3.63) is 53.1 Å². The molecule has 4 nitrogen and oxygen atoms in total. The molecule has 0 saturated heterocycles. The summed E-state index contributed by atoms with van der Waals surface area (Å²) >= 11 is 0. The lowest BCUT2D eigenvalue weighted by atomic mass is 10.1. The van der Waals surface area contributed by atoms with E-state index in [4.69, 9.17) is 5.11 Å². The van der Waals surface area contributed by atoms with Crippen LogP contribution in [0.3, 0.4) is 0 Å². The number of aromatic carboxylic acids is 1. The first kappa shape index (κ1) is 23.9. The van der Waals surface area contributed by atoms with Crippen LogP contribution in [-0.4, -0.2) is 33.1 Å². The Hall–Kier alpha value is -2.40. The summed E-state index contributed by atoms with van der Waals surface area (Å²) in [4.78, 5) is 24.0. The second-order valence-electron chi connectivity index (χ2n) is 9.32. The SMILES string of the molecule is C[Si](C)(C)c1cc(C(=O)Nc2ccc(C(=O)O)c(C(F)(F)F)c2)cc([Si](C)(C)C)c1. The van der Waals surface area contributed by atoms with Gasteiger partial charge in [-0.1, -0.05) is 67.9 Å². The molecule has 0 aliphatic carbocycles. The number of carbonyl (C=O) groups is 2. The third kappa shape index (κ3) is 5.60. The Bertz CT molecular complexity index is 958. The van der Waals surface area contributed by atoms with Gasteiger partial charge in [-0.15, -0.1) is 0 Å². The van der Waals surface area contributed by atoms with Gasteiger partial charge < -0.3 is 10.4 Å². The lowest BCUT2D eigenvalue weighted by Gasteiger charge is -2.24. The molecule has 30 heavy (non-hydrogen) atoms. The second-order valence-corrected chi connectivity index (χ2v) is 19.5. The molecule has 2 aromatic rings. The zero-order valence-corrected chi connectivity index (χ0v) is 19.9. The average Bonchev–Trinajstić information content (AvgIpc) is 2.58. The lowest BCUT2D eigenvalue weighted by Crippen LogP contribution is -2.46. The fraction of sp³-hybridized carbons (Fsp3) is 0.333. The molecular formula is C21H26F3NO3Si2. The monoisotopic (exact) mass is 453 g/mol. The molecule has 0 fully saturated rings. The third-order valence-corrected chi connectivity index (χ3v) is 8.78. The maximum Gasteiger partial charge on any atom is 0.417 e. The van der Waals surface area contributed by atoms with E-state index in [2.05, 4.69) is 50.7 Å². The van der Waals surface area contributed by atoms with Crippen LogP contribution in [0.1, 0.15) is 26.3 Å². The highest BCUT2D eigenvalue weighted by atomic mass is 28.3. The fourth-order valence-corrected chi connectivity index (χ4v) is 5.37. The molecule has 9 heteroatoms. The van der Waals surface area contributed by atoms with E-state index in [0.29, 0.717) is 11.6 Å². The summed E-state index contributed by atoms with van der Waals surface area (Å²) in [5.74, 6) is -2.20. The molecule has 2 rings (SSSR count). The number of benzene rings is 2. The molecule has 1 amide bonds. The van der Waals surface area contributed by atoms with Crippen LogP contribution in [0, 0.1) is 0 Å². The van der Waals surface area contributed by atoms with Crippen molar-refractivity contribution in [3.63, 3.8) is 0 Å². The Labute approximate surface area is 176 Å². The summed E-state index contributed by atoms with van der Waals surface area (Å²) in [6.07, 6.45) is -4.85. The molecule has 2 N–H and O–H groups in total. The normalized spacial score (nSPS) is 12.6. The zero-order chi connectivity index (χ0) is 23.1. The standard InChI is InChI=1S/C21H26F3NO3Si2/c1-29(2,3)15-9-13(10-16(12-15)30(4,5)6)19(26)25-14-7-8-17(20(27)28)18(11-14)21(22,23)24/h7-12H,1-6H3,(H,25,26)(H,27,28). The maximum atomic E-state index is 13.3. The van der Waals surface area contributed by atoms with Gasteiger partial charge in [-0.05, 0) is 18.2 Å². The number of amides is 1. The second kappa shape index (κ2) is 8.03. The quantitative estimate of drug-likeness (QED) is 0.643. The molecule has 0 aromatic heterocycles. The molecule has 0 radical (unpaired) electrons. The highest BCUT2D eigenvalue weighted by Crippen LogP contribution is 2.34. The Morgan fingerprint density at radius 2 is 1.37 bits per heavy atom. The highest BCUT2D eigenvalue weighted by molar-refractivity contribution is 6.91. The van der Waals surface area contributed by atoms with E-state index in [-0.39, 0.29) is 5.69 Å². The fourth-order valence-electron chi connectivity index (χ4n) is 2.87. The molecule has 0 atom stereocenters. The molecule has 0 aliphatic heterocycles. The summed E-state index contributed by atoms with van der Waals surface area (Å²) in [6, 6.07) is 8.44. The number of nitrogens with one attached hydrogen (secondary N) is 1. The van der Waals surface area contributed by atoms with E-state index in [1.54, 1.807) is 0 Å². The van der Waals surface area contributed by atoms with E-state index < -0.39 is 45.3 Å². The van der Waals surface area contributed by atoms with Gasteiger partial charge in [0.2, 0.25) is 0 Å². The summed E-state index contributed by atoms with van der Waals surface area (Å²) in [7, 11) is -3.48. The molecule has 0 heterocycles. The molecule has 0 aliphatic rings. The van der Waals surface area contributed by atoms with E-state index >= 15 is 0 Å². The van der Waals surface area contributed by atoms with E-state index in [1.807, 2.05) is 12.1 Å². The van der Waals surface area contributed by atoms with Gasteiger partial charge >= 0.3 is 12.1 Å². The van der Waals surface area contributed by atoms with Crippen molar-refractivity contribution >= 4 is 44.1 Å². The molecular weight excluding hydrogens is 427 g/mol. The Morgan fingerprint density at radius 1 is 0.867 bits per heavy atom. The predicted molar refractivity (Wildman–Crippen MR) is 119 cm³/mol. The van der Waals surface area contributed by atoms with Gasteiger partial charge in [-0.2, -0.15) is 13.2 Å². The van der Waals surface area contributed by atoms with Crippen LogP contribution in [0.15, 0.2) is 36.4 Å². The largest absolute Gasteiger partial charge is 0.478 e. The number of halogens is 3. The summed E-state index contributed by atoms with van der Waals surface area (Å²) in [5, 5.41) is 13.7. The predicted octanol–water partition coefficient (Wildman–Crippen LogP) is 4.75. The van der Waals surface area contributed by atoms with Crippen molar-refractivity contribution < 1.29 is 27.9 Å². The Morgan fingerprint density at radius 3 is 1.77 bits per heavy atom. The number of carboxylic acid groups (broad SMARTS) is 1. The first-order valence-electron chi connectivity index (χ1n) is 9.42. The minimum Gasteiger partial charge on any atom is -0.478 e. The summed E-state index contributed by atoms with van der Waals surface area (Å²) < 4.78 is 39.8. The van der Waals surface area contributed by atoms with Gasteiger partial charge in [-0.3, -0.25) is 4.79 Å². The molecule has 162 valence electrons. The average molecular weight is 454 g/mol. The number of hydrogen-bond acceptors (Lipinski definition) is 2. The van der Waals surface area contributed by atoms with E-state index in [1.165, 1.54) is 6.07 Å². The van der Waals surface area contributed by atoms with Gasteiger partial charge in [0.05, 0.1) is 27.3 Å². The topological polar surface area (TPSA) is 66.4 Å². The molecule has 0 unspecified atom stereocenters. The van der Waals surface area contributed by atoms with Gasteiger partial charge in [0.15, 0.2) is 0 Å². The van der Waals surface area contributed by atoms with Gasteiger partial charge in [0.25, 0.3) is 5.91 Å². The Kier molecular flexibility index (Phi) is 6.39. The number of anilines is 1. The number of carboxylic acids is 1. The molecule has 0 bridgehead atoms. The first-order valence-corrected chi connectivity index (χ1v) is 16.4. The van der Waals surface area contributed by atoms with Gasteiger partial charge in [0.1, 0.15) is 0 Å². The van der Waals surface area contributed by atoms with Crippen molar-refractivity contribution in [2.45, 2.75) is 45.5 Å². The van der Waals surface area contributed by atoms with E-state index in [0.717, 1.165) is 16.4 Å². The summed E-state index contributed by atoms with van der Waals surface area (Å²) in [5.41, 5.74) is -1.87. The van der Waals surface area contributed by atoms with Crippen LogP contribution in [0.25, 0.3) is 0 Å². The van der Waals surface area contributed by atoms with Crippen LogP contribution in [-0.2, 0) is 6.18 Å². The minimum absolute atomic E-state index is 0.106. The van der Waals surface area contributed by atoms with Gasteiger partial charge in [0, 0.05) is 11.3 Å². The number of alkyl halides is 3. The molecule has 0 spiro atoms. The minimum atomic E-state index is -4.85. The summed E-state index contributed by atoms with van der Waals surface area (Å²) in [6.45, 7) is 13.0. The van der Waals surface area contributed by atoms with Crippen molar-refractivity contribution in [1.29, 1.82) is 0 Å². The maximum absolute atomic E-state index is 13.3.